The zero-order chi connectivity index (χ0) is 19.4. The summed E-state index contributed by atoms with van der Waals surface area (Å²) >= 11 is 0. The summed E-state index contributed by atoms with van der Waals surface area (Å²) in [6, 6.07) is 4.98. The van der Waals surface area contributed by atoms with Gasteiger partial charge in [-0.3, -0.25) is 25.0 Å². The molecule has 2 heterocycles. The van der Waals surface area contributed by atoms with E-state index in [2.05, 4.69) is 10.3 Å². The molecule has 27 heavy (non-hydrogen) atoms. The average Bonchev–Trinajstić information content (AvgIpc) is 2.68. The van der Waals surface area contributed by atoms with Crippen molar-refractivity contribution in [3.63, 3.8) is 0 Å². The summed E-state index contributed by atoms with van der Waals surface area (Å²) in [7, 11) is 0. The third-order valence-corrected chi connectivity index (χ3v) is 4.74. The van der Waals surface area contributed by atoms with Crippen LogP contribution in [0.1, 0.15) is 37.8 Å². The van der Waals surface area contributed by atoms with Gasteiger partial charge in [0.05, 0.1) is 11.5 Å². The lowest BCUT2D eigenvalue weighted by Gasteiger charge is -2.35. The Morgan fingerprint density at radius 1 is 1.30 bits per heavy atom. The van der Waals surface area contributed by atoms with Crippen LogP contribution >= 0.6 is 0 Å². The molecule has 1 fully saturated rings. The summed E-state index contributed by atoms with van der Waals surface area (Å²) in [5.74, 6) is -1.80. The van der Waals surface area contributed by atoms with Gasteiger partial charge in [-0.05, 0) is 31.7 Å². The molecule has 144 valence electrons. The smallest absolute Gasteiger partial charge is 0.321 e. The van der Waals surface area contributed by atoms with E-state index in [1.54, 1.807) is 6.92 Å². The number of hydrogen-bond donors (Lipinski definition) is 1. The molecular formula is C18H22N4O5. The number of non-ortho nitro benzene ring substituents is 1. The number of piperidine rings is 1. The van der Waals surface area contributed by atoms with Gasteiger partial charge in [0.15, 0.2) is 5.92 Å². The molecule has 2 atom stereocenters. The first-order valence-electron chi connectivity index (χ1n) is 9.06. The van der Waals surface area contributed by atoms with Gasteiger partial charge in [-0.1, -0.05) is 12.1 Å². The van der Waals surface area contributed by atoms with Crippen LogP contribution in [-0.4, -0.2) is 47.4 Å². The molecule has 1 aromatic carbocycles. The maximum atomic E-state index is 12.7. The highest BCUT2D eigenvalue weighted by Crippen LogP contribution is 2.32. The predicted molar refractivity (Wildman–Crippen MR) is 97.0 cm³/mol. The first kappa shape index (κ1) is 18.8. The van der Waals surface area contributed by atoms with E-state index in [0.717, 1.165) is 32.4 Å². The van der Waals surface area contributed by atoms with Crippen LogP contribution in [0.4, 0.5) is 5.69 Å². The maximum absolute atomic E-state index is 12.7. The summed E-state index contributed by atoms with van der Waals surface area (Å²) in [6.07, 6.45) is 3.16. The molecule has 0 saturated carbocycles. The number of nitrogens with zero attached hydrogens (tertiary/aromatic N) is 3. The fraction of sp³-hybridized carbons (Fsp3) is 0.500. The summed E-state index contributed by atoms with van der Waals surface area (Å²) in [5, 5.41) is 13.6. The van der Waals surface area contributed by atoms with Crippen molar-refractivity contribution in [2.24, 2.45) is 10.9 Å². The van der Waals surface area contributed by atoms with Crippen molar-refractivity contribution in [3.05, 3.63) is 39.9 Å². The summed E-state index contributed by atoms with van der Waals surface area (Å²) in [5.41, 5.74) is 0.495. The summed E-state index contributed by atoms with van der Waals surface area (Å²) < 4.78 is 5.06. The number of nitro benzene ring substituents is 1. The van der Waals surface area contributed by atoms with E-state index in [0.29, 0.717) is 11.5 Å². The highest BCUT2D eigenvalue weighted by Gasteiger charge is 2.42. The van der Waals surface area contributed by atoms with Crippen LogP contribution in [0.5, 0.6) is 0 Å². The molecule has 2 aliphatic rings. The van der Waals surface area contributed by atoms with Gasteiger partial charge >= 0.3 is 5.97 Å². The number of carbonyl (C=O) groups is 2. The molecule has 1 amide bonds. The van der Waals surface area contributed by atoms with Gasteiger partial charge in [-0.25, -0.2) is 4.99 Å². The largest absolute Gasteiger partial charge is 0.465 e. The standard InChI is InChI=1S/C18H22N4O5/c1-2-27-17(24)14-15(12-6-8-13(9-7-12)22(25)26)19-18(20-16(14)23)21-10-4-3-5-11-21/h6-9,14-15H,2-5,10-11H2,1H3,(H,19,20,23). The molecule has 3 rings (SSSR count). The SMILES string of the molecule is CCOC(=O)C1C(=O)NC(N2CCCCC2)=NC1c1ccc([N+](=O)[O-])cc1. The van der Waals surface area contributed by atoms with Crippen molar-refractivity contribution in [3.8, 4) is 0 Å². The summed E-state index contributed by atoms with van der Waals surface area (Å²) in [6.45, 7) is 3.40. The molecule has 0 aromatic heterocycles. The number of aliphatic imine (C=N–C) groups is 1. The molecule has 0 spiro atoms. The topological polar surface area (TPSA) is 114 Å². The fourth-order valence-electron chi connectivity index (χ4n) is 3.36. The van der Waals surface area contributed by atoms with Crippen molar-refractivity contribution in [1.29, 1.82) is 0 Å². The third kappa shape index (κ3) is 4.07. The maximum Gasteiger partial charge on any atom is 0.321 e. The Bertz CT molecular complexity index is 756. The second kappa shape index (κ2) is 8.15. The summed E-state index contributed by atoms with van der Waals surface area (Å²) in [4.78, 5) is 42.1. The molecule has 9 nitrogen and oxygen atoms in total. The quantitative estimate of drug-likeness (QED) is 0.372. The Labute approximate surface area is 156 Å². The second-order valence-corrected chi connectivity index (χ2v) is 6.51. The zero-order valence-corrected chi connectivity index (χ0v) is 15.1. The molecule has 1 N–H and O–H groups in total. The van der Waals surface area contributed by atoms with Crippen LogP contribution in [0.3, 0.4) is 0 Å². The number of nitrogens with one attached hydrogen (secondary N) is 1. The van der Waals surface area contributed by atoms with Crippen LogP contribution in [-0.2, 0) is 14.3 Å². The van der Waals surface area contributed by atoms with Gasteiger partial charge in [0.2, 0.25) is 11.9 Å². The van der Waals surface area contributed by atoms with Crippen LogP contribution in [0.15, 0.2) is 29.3 Å². The lowest BCUT2D eigenvalue weighted by molar-refractivity contribution is -0.384. The van der Waals surface area contributed by atoms with E-state index in [9.17, 15) is 19.7 Å². The highest BCUT2D eigenvalue weighted by molar-refractivity contribution is 6.08. The van der Waals surface area contributed by atoms with Gasteiger partial charge in [0.1, 0.15) is 6.04 Å². The minimum absolute atomic E-state index is 0.0630. The monoisotopic (exact) mass is 374 g/mol. The molecule has 9 heteroatoms. The van der Waals surface area contributed by atoms with Crippen molar-refractivity contribution in [2.45, 2.75) is 32.2 Å². The van der Waals surface area contributed by atoms with E-state index >= 15 is 0 Å². The van der Waals surface area contributed by atoms with E-state index < -0.39 is 28.8 Å². The number of esters is 1. The molecule has 1 saturated heterocycles. The molecule has 2 aliphatic heterocycles. The first-order valence-corrected chi connectivity index (χ1v) is 9.06. The number of nitro groups is 1. The third-order valence-electron chi connectivity index (χ3n) is 4.74. The van der Waals surface area contributed by atoms with Crippen molar-refractivity contribution in [2.75, 3.05) is 19.7 Å². The lowest BCUT2D eigenvalue weighted by atomic mass is 9.91. The van der Waals surface area contributed by atoms with Crippen LogP contribution < -0.4 is 5.32 Å². The average molecular weight is 374 g/mol. The van der Waals surface area contributed by atoms with E-state index in [1.165, 1.54) is 24.3 Å². The molecular weight excluding hydrogens is 352 g/mol. The number of amides is 1. The number of ether oxygens (including phenoxy) is 1. The number of likely N-dealkylation sites (tertiary alicyclic amines) is 1. The lowest BCUT2D eigenvalue weighted by Crippen LogP contribution is -2.53. The second-order valence-electron chi connectivity index (χ2n) is 6.51. The molecule has 0 aliphatic carbocycles. The number of carbonyl (C=O) groups excluding carboxylic acids is 2. The molecule has 2 unspecified atom stereocenters. The minimum atomic E-state index is -1.13. The van der Waals surface area contributed by atoms with E-state index in [4.69, 9.17) is 4.74 Å². The first-order chi connectivity index (χ1) is 13.0. The van der Waals surface area contributed by atoms with Crippen molar-refractivity contribution >= 4 is 23.5 Å². The Morgan fingerprint density at radius 3 is 2.56 bits per heavy atom. The highest BCUT2D eigenvalue weighted by atomic mass is 16.6. The van der Waals surface area contributed by atoms with Gasteiger partial charge in [-0.15, -0.1) is 0 Å². The Hall–Kier alpha value is -2.97. The number of benzene rings is 1. The Kier molecular flexibility index (Phi) is 5.68. The van der Waals surface area contributed by atoms with Gasteiger partial charge < -0.3 is 9.64 Å². The molecule has 0 bridgehead atoms. The van der Waals surface area contributed by atoms with Gasteiger partial charge in [-0.2, -0.15) is 0 Å². The van der Waals surface area contributed by atoms with Gasteiger partial charge in [0, 0.05) is 25.2 Å². The molecule has 1 aromatic rings. The van der Waals surface area contributed by atoms with Crippen molar-refractivity contribution < 1.29 is 19.2 Å². The number of guanidine groups is 1. The van der Waals surface area contributed by atoms with E-state index in [-0.39, 0.29) is 12.3 Å². The predicted octanol–water partition coefficient (Wildman–Crippen LogP) is 1.79. The van der Waals surface area contributed by atoms with Crippen LogP contribution in [0, 0.1) is 16.0 Å². The minimum Gasteiger partial charge on any atom is -0.465 e. The van der Waals surface area contributed by atoms with Crippen LogP contribution in [0.25, 0.3) is 0 Å². The normalized spacial score (nSPS) is 22.6. The Morgan fingerprint density at radius 2 is 1.96 bits per heavy atom. The van der Waals surface area contributed by atoms with Gasteiger partial charge in [0.25, 0.3) is 5.69 Å². The number of rotatable bonds is 4. The zero-order valence-electron chi connectivity index (χ0n) is 15.1. The number of hydrogen-bond acceptors (Lipinski definition) is 7. The Balaban J connectivity index is 1.96. The van der Waals surface area contributed by atoms with Crippen LogP contribution in [0.2, 0.25) is 0 Å². The molecule has 0 radical (unpaired) electrons. The van der Waals surface area contributed by atoms with E-state index in [1.807, 2.05) is 4.90 Å². The van der Waals surface area contributed by atoms with Crippen molar-refractivity contribution in [1.82, 2.24) is 10.2 Å². The fourth-order valence-corrected chi connectivity index (χ4v) is 3.36.